The molecule has 37 heavy (non-hydrogen) atoms. The van der Waals surface area contributed by atoms with Gasteiger partial charge in [0.05, 0.1) is 5.69 Å². The number of nitrogens with zero attached hydrogens (tertiary/aromatic N) is 3. The van der Waals surface area contributed by atoms with Crippen molar-refractivity contribution in [3.63, 3.8) is 0 Å². The van der Waals surface area contributed by atoms with Crippen LogP contribution in [0.25, 0.3) is 56.1 Å². The van der Waals surface area contributed by atoms with Crippen LogP contribution >= 0.6 is 0 Å². The molecule has 0 aliphatic carbocycles. The van der Waals surface area contributed by atoms with E-state index in [1.54, 1.807) is 0 Å². The van der Waals surface area contributed by atoms with Gasteiger partial charge in [-0.1, -0.05) is 60.7 Å². The normalized spacial score (nSPS) is 11.2. The van der Waals surface area contributed by atoms with Crippen LogP contribution in [-0.4, -0.2) is 15.0 Å². The first-order chi connectivity index (χ1) is 18.0. The molecule has 0 atom stereocenters. The van der Waals surface area contributed by atoms with Gasteiger partial charge in [0.25, 0.3) is 0 Å². The standard InChI is InChI=1S/C33H27N3O/c1-20-18-25(32-21(2)22(3)34-23(4)35-32)14-16-27(20)28-17-15-26(19-29(28)24-10-6-5-7-11-24)33-36-30-12-8-9-13-31(30)37-33/h5-19H,1-4H3. The van der Waals surface area contributed by atoms with Crippen LogP contribution in [0.2, 0.25) is 0 Å². The monoisotopic (exact) mass is 481 g/mol. The summed E-state index contributed by atoms with van der Waals surface area (Å²) in [5.41, 5.74) is 12.7. The van der Waals surface area contributed by atoms with Gasteiger partial charge in [-0.15, -0.1) is 0 Å². The SMILES string of the molecule is Cc1nc(C)c(C)c(-c2ccc(-c3ccc(-c4nc5ccccc5o4)cc3-c3ccccc3)c(C)c2)n1. The number of aryl methyl sites for hydroxylation is 3. The van der Waals surface area contributed by atoms with Crippen LogP contribution in [0.4, 0.5) is 0 Å². The van der Waals surface area contributed by atoms with Gasteiger partial charge in [-0.25, -0.2) is 15.0 Å². The van der Waals surface area contributed by atoms with Gasteiger partial charge >= 0.3 is 0 Å². The van der Waals surface area contributed by atoms with Gasteiger partial charge in [0.2, 0.25) is 5.89 Å². The van der Waals surface area contributed by atoms with Crippen molar-refractivity contribution in [2.24, 2.45) is 0 Å². The van der Waals surface area contributed by atoms with Crippen molar-refractivity contribution in [3.05, 3.63) is 114 Å². The van der Waals surface area contributed by atoms with E-state index in [0.29, 0.717) is 5.89 Å². The van der Waals surface area contributed by atoms with Crippen LogP contribution in [0.3, 0.4) is 0 Å². The van der Waals surface area contributed by atoms with Gasteiger partial charge in [-0.3, -0.25) is 0 Å². The third-order valence-electron chi connectivity index (χ3n) is 6.94. The van der Waals surface area contributed by atoms with Crippen molar-refractivity contribution in [2.45, 2.75) is 27.7 Å². The maximum absolute atomic E-state index is 6.09. The zero-order chi connectivity index (χ0) is 25.5. The Hall–Kier alpha value is -4.57. The molecule has 2 aromatic heterocycles. The lowest BCUT2D eigenvalue weighted by atomic mass is 9.89. The number of hydrogen-bond donors (Lipinski definition) is 0. The molecule has 6 aromatic rings. The van der Waals surface area contributed by atoms with Gasteiger partial charge in [0.1, 0.15) is 11.3 Å². The maximum atomic E-state index is 6.09. The third-order valence-corrected chi connectivity index (χ3v) is 6.94. The molecule has 0 saturated heterocycles. The highest BCUT2D eigenvalue weighted by molar-refractivity contribution is 5.89. The number of fused-ring (bicyclic) bond motifs is 1. The van der Waals surface area contributed by atoms with Crippen LogP contribution < -0.4 is 0 Å². The fourth-order valence-electron chi connectivity index (χ4n) is 4.93. The molecule has 4 nitrogen and oxygen atoms in total. The first kappa shape index (κ1) is 22.9. The summed E-state index contributed by atoms with van der Waals surface area (Å²) in [6.45, 7) is 8.24. The number of aromatic nitrogens is 3. The van der Waals surface area contributed by atoms with Crippen LogP contribution in [0.15, 0.2) is 95.4 Å². The van der Waals surface area contributed by atoms with E-state index < -0.39 is 0 Å². The Bertz CT molecular complexity index is 1730. The molecule has 0 fully saturated rings. The molecule has 0 aliphatic rings. The van der Waals surface area contributed by atoms with E-state index in [9.17, 15) is 0 Å². The second kappa shape index (κ2) is 9.14. The van der Waals surface area contributed by atoms with Gasteiger partial charge in [0, 0.05) is 16.8 Å². The Morgan fingerprint density at radius 1 is 0.568 bits per heavy atom. The Balaban J connectivity index is 1.49. The zero-order valence-electron chi connectivity index (χ0n) is 21.4. The molecule has 6 rings (SSSR count). The topological polar surface area (TPSA) is 51.8 Å². The molecule has 0 saturated carbocycles. The van der Waals surface area contributed by atoms with Crippen molar-refractivity contribution >= 4 is 11.1 Å². The Morgan fingerprint density at radius 3 is 2.08 bits per heavy atom. The van der Waals surface area contributed by atoms with E-state index >= 15 is 0 Å². The minimum absolute atomic E-state index is 0.627. The molecule has 0 amide bonds. The molecule has 0 radical (unpaired) electrons. The Morgan fingerprint density at radius 2 is 1.30 bits per heavy atom. The van der Waals surface area contributed by atoms with Gasteiger partial charge in [-0.05, 0) is 91.4 Å². The predicted molar refractivity (Wildman–Crippen MR) is 150 cm³/mol. The number of hydrogen-bond acceptors (Lipinski definition) is 4. The molecule has 4 heteroatoms. The fraction of sp³-hybridized carbons (Fsp3) is 0.121. The van der Waals surface area contributed by atoms with Crippen LogP contribution in [0.5, 0.6) is 0 Å². The molecule has 0 unspecified atom stereocenters. The minimum atomic E-state index is 0.627. The summed E-state index contributed by atoms with van der Waals surface area (Å²) >= 11 is 0. The Kier molecular flexibility index (Phi) is 5.65. The second-order valence-corrected chi connectivity index (χ2v) is 9.47. The van der Waals surface area contributed by atoms with Crippen molar-refractivity contribution in [1.82, 2.24) is 15.0 Å². The average molecular weight is 482 g/mol. The quantitative estimate of drug-likeness (QED) is 0.253. The smallest absolute Gasteiger partial charge is 0.227 e. The molecule has 0 bridgehead atoms. The lowest BCUT2D eigenvalue weighted by Crippen LogP contribution is -1.99. The molecule has 2 heterocycles. The lowest BCUT2D eigenvalue weighted by molar-refractivity contribution is 0.620. The van der Waals surface area contributed by atoms with E-state index in [2.05, 4.69) is 79.5 Å². The summed E-state index contributed by atoms with van der Waals surface area (Å²) in [6, 6.07) is 31.4. The predicted octanol–water partition coefficient (Wildman–Crippen LogP) is 8.52. The summed E-state index contributed by atoms with van der Waals surface area (Å²) in [5, 5.41) is 0. The highest BCUT2D eigenvalue weighted by Crippen LogP contribution is 2.38. The van der Waals surface area contributed by atoms with Gasteiger partial charge in [-0.2, -0.15) is 0 Å². The van der Waals surface area contributed by atoms with Gasteiger partial charge in [0.15, 0.2) is 5.58 Å². The summed E-state index contributed by atoms with van der Waals surface area (Å²) in [4.78, 5) is 14.0. The second-order valence-electron chi connectivity index (χ2n) is 9.47. The molecule has 180 valence electrons. The number of oxazole rings is 1. The van der Waals surface area contributed by atoms with E-state index in [0.717, 1.165) is 56.1 Å². The third kappa shape index (κ3) is 4.21. The van der Waals surface area contributed by atoms with Crippen molar-refractivity contribution < 1.29 is 4.42 Å². The van der Waals surface area contributed by atoms with Crippen LogP contribution in [-0.2, 0) is 0 Å². The molecule has 0 N–H and O–H groups in total. The molecular weight excluding hydrogens is 454 g/mol. The maximum Gasteiger partial charge on any atom is 0.227 e. The van der Waals surface area contributed by atoms with Crippen molar-refractivity contribution in [1.29, 1.82) is 0 Å². The lowest BCUT2D eigenvalue weighted by Gasteiger charge is -2.16. The number of para-hydroxylation sites is 2. The van der Waals surface area contributed by atoms with Crippen LogP contribution in [0.1, 0.15) is 22.6 Å². The first-order valence-corrected chi connectivity index (χ1v) is 12.5. The first-order valence-electron chi connectivity index (χ1n) is 12.5. The van der Waals surface area contributed by atoms with Gasteiger partial charge < -0.3 is 4.42 Å². The van der Waals surface area contributed by atoms with E-state index in [-0.39, 0.29) is 0 Å². The Labute approximate surface area is 216 Å². The number of rotatable bonds is 4. The van der Waals surface area contributed by atoms with Crippen LogP contribution in [0, 0.1) is 27.7 Å². The van der Waals surface area contributed by atoms with Crippen molar-refractivity contribution in [3.8, 4) is 45.0 Å². The van der Waals surface area contributed by atoms with E-state index in [1.165, 1.54) is 16.7 Å². The zero-order valence-corrected chi connectivity index (χ0v) is 21.4. The molecule has 0 spiro atoms. The minimum Gasteiger partial charge on any atom is -0.436 e. The van der Waals surface area contributed by atoms with E-state index in [4.69, 9.17) is 14.4 Å². The summed E-state index contributed by atoms with van der Waals surface area (Å²) in [5.74, 6) is 1.42. The average Bonchev–Trinajstić information content (AvgIpc) is 3.35. The highest BCUT2D eigenvalue weighted by atomic mass is 16.3. The molecular formula is C33H27N3O. The fourth-order valence-corrected chi connectivity index (χ4v) is 4.93. The summed E-state index contributed by atoms with van der Waals surface area (Å²) < 4.78 is 6.09. The highest BCUT2D eigenvalue weighted by Gasteiger charge is 2.16. The summed E-state index contributed by atoms with van der Waals surface area (Å²) in [6.07, 6.45) is 0. The molecule has 0 aliphatic heterocycles. The van der Waals surface area contributed by atoms with Crippen molar-refractivity contribution in [2.75, 3.05) is 0 Å². The number of benzene rings is 4. The molecule has 4 aromatic carbocycles. The van der Waals surface area contributed by atoms with E-state index in [1.807, 2.05) is 44.2 Å². The largest absolute Gasteiger partial charge is 0.436 e. The summed E-state index contributed by atoms with van der Waals surface area (Å²) in [7, 11) is 0.